The van der Waals surface area contributed by atoms with Gasteiger partial charge in [0.2, 0.25) is 5.69 Å². The molecule has 0 unspecified atom stereocenters. The van der Waals surface area contributed by atoms with Crippen molar-refractivity contribution in [1.29, 1.82) is 0 Å². The Labute approximate surface area is 347 Å². The summed E-state index contributed by atoms with van der Waals surface area (Å²) in [6, 6.07) is 8.72. The van der Waals surface area contributed by atoms with Gasteiger partial charge in [0.1, 0.15) is 27.3 Å². The fourth-order valence-corrected chi connectivity index (χ4v) is 7.89. The zero-order valence-electron chi connectivity index (χ0n) is 30.0. The molecule has 52 heavy (non-hydrogen) atoms. The number of carbonyl (C=O) groups excluding carboxylic acids is 3. The predicted molar refractivity (Wildman–Crippen MR) is 185 cm³/mol. The molecule has 0 aliphatic carbocycles. The topological polar surface area (TPSA) is 184 Å². The first-order valence-electron chi connectivity index (χ1n) is 16.5. The summed E-state index contributed by atoms with van der Waals surface area (Å²) in [5.74, 6) is -1.73. The number of hydroxylamine groups is 2. The third-order valence-corrected chi connectivity index (χ3v) is 11.3. The van der Waals surface area contributed by atoms with E-state index in [0.29, 0.717) is 36.4 Å². The standard InChI is InChI=1S/C36H41N3O10S2.K/c1-35(2)26-22-24(50(43,44)45)15-17-28(26)37(5)30(35)12-8-6-9-13-31-36(3,4)27-23-25(51(46,47)48)16-18-29(27)38(31)21-11-7-10-14-34(42)49-39-32(40)19-20-33(39)41;/h6,8-9,12-13,15-18,22-23H,7,10-11,14,19-21H2,1-5H3,(H-,43,44,45,46,47,48);/q;+1/p-1. The van der Waals surface area contributed by atoms with E-state index >= 15 is 0 Å². The summed E-state index contributed by atoms with van der Waals surface area (Å²) in [4.78, 5) is 42.1. The van der Waals surface area contributed by atoms with Crippen molar-refractivity contribution in [3.05, 3.63) is 83.6 Å². The molecular weight excluding hydrogens is 738 g/mol. The first kappa shape index (κ1) is 41.9. The molecule has 16 heteroatoms. The van der Waals surface area contributed by atoms with Crippen LogP contribution in [0, 0.1) is 0 Å². The van der Waals surface area contributed by atoms with Gasteiger partial charge in [0.25, 0.3) is 11.8 Å². The van der Waals surface area contributed by atoms with Gasteiger partial charge in [0, 0.05) is 60.3 Å². The minimum atomic E-state index is -4.69. The Hall–Kier alpha value is -2.80. The summed E-state index contributed by atoms with van der Waals surface area (Å²) in [7, 11) is -7.42. The summed E-state index contributed by atoms with van der Waals surface area (Å²) < 4.78 is 72.6. The van der Waals surface area contributed by atoms with Gasteiger partial charge in [0.15, 0.2) is 5.71 Å². The smallest absolute Gasteiger partial charge is 0.744 e. The maximum atomic E-state index is 12.2. The van der Waals surface area contributed by atoms with E-state index in [2.05, 4.69) is 4.90 Å². The molecule has 3 aliphatic rings. The number of hydrogen-bond acceptors (Lipinski definition) is 11. The molecule has 0 bridgehead atoms. The van der Waals surface area contributed by atoms with Gasteiger partial charge >= 0.3 is 57.4 Å². The molecule has 272 valence electrons. The van der Waals surface area contributed by atoms with Crippen molar-refractivity contribution in [3.63, 3.8) is 0 Å². The SMILES string of the molecule is C[N+]1=C(/C=C/C=C/C=C2\N(CCCCCC(=O)ON3C(=O)CCC3=O)c3ccc(S(=O)(=O)[O-])cc3C2(C)C)C(C)(C)c2cc(S(=O)(=O)[O-])ccc21.[K+]. The van der Waals surface area contributed by atoms with Crippen molar-refractivity contribution < 1.29 is 101 Å². The Balaban J connectivity index is 0.00000605. The predicted octanol–water partition coefficient (Wildman–Crippen LogP) is 1.47. The minimum absolute atomic E-state index is 0. The van der Waals surface area contributed by atoms with Crippen LogP contribution in [0.2, 0.25) is 0 Å². The number of hydrogen-bond donors (Lipinski definition) is 0. The molecule has 13 nitrogen and oxygen atoms in total. The fourth-order valence-electron chi connectivity index (χ4n) is 6.90. The summed E-state index contributed by atoms with van der Waals surface area (Å²) in [5.41, 5.74) is 3.45. The number of carbonyl (C=O) groups is 3. The van der Waals surface area contributed by atoms with E-state index in [-0.39, 0.29) is 80.4 Å². The molecule has 0 saturated carbocycles. The van der Waals surface area contributed by atoms with E-state index < -0.39 is 48.8 Å². The summed E-state index contributed by atoms with van der Waals surface area (Å²) >= 11 is 0. The molecular formula is C36H40KN3O10S2. The number of anilines is 1. The molecule has 2 aromatic rings. The normalized spacial score (nSPS) is 18.9. The van der Waals surface area contributed by atoms with Crippen molar-refractivity contribution in [3.8, 4) is 0 Å². The number of rotatable bonds is 12. The van der Waals surface area contributed by atoms with Crippen LogP contribution < -0.4 is 56.3 Å². The molecule has 3 heterocycles. The number of allylic oxidation sites excluding steroid dienone is 6. The molecule has 0 aromatic heterocycles. The van der Waals surface area contributed by atoms with Gasteiger partial charge in [-0.25, -0.2) is 21.6 Å². The number of unbranched alkanes of at least 4 members (excludes halogenated alkanes) is 2. The maximum absolute atomic E-state index is 12.2. The Morgan fingerprint density at radius 2 is 1.44 bits per heavy atom. The quantitative estimate of drug-likeness (QED) is 0.0760. The van der Waals surface area contributed by atoms with Crippen LogP contribution in [0.1, 0.15) is 77.3 Å². The number of benzene rings is 2. The monoisotopic (exact) mass is 777 g/mol. The van der Waals surface area contributed by atoms with E-state index in [0.717, 1.165) is 28.3 Å². The third-order valence-electron chi connectivity index (χ3n) is 9.64. The van der Waals surface area contributed by atoms with Crippen molar-refractivity contribution >= 4 is 55.1 Å². The molecule has 3 aliphatic heterocycles. The first-order chi connectivity index (χ1) is 23.7. The van der Waals surface area contributed by atoms with Crippen LogP contribution in [-0.2, 0) is 50.3 Å². The van der Waals surface area contributed by atoms with Crippen LogP contribution in [-0.4, -0.2) is 72.7 Å². The molecule has 0 atom stereocenters. The first-order valence-corrected chi connectivity index (χ1v) is 19.3. The number of fused-ring (bicyclic) bond motifs is 2. The summed E-state index contributed by atoms with van der Waals surface area (Å²) in [6.45, 7) is 8.31. The number of nitrogens with zero attached hydrogens (tertiary/aromatic N) is 3. The Morgan fingerprint density at radius 1 is 0.846 bits per heavy atom. The second-order valence-electron chi connectivity index (χ2n) is 13.8. The van der Waals surface area contributed by atoms with Gasteiger partial charge < -0.3 is 18.8 Å². The van der Waals surface area contributed by atoms with E-state index in [1.807, 2.05) is 69.7 Å². The van der Waals surface area contributed by atoms with E-state index in [1.54, 1.807) is 12.1 Å². The van der Waals surface area contributed by atoms with Gasteiger partial charge in [-0.05, 0) is 68.7 Å². The molecule has 0 radical (unpaired) electrons. The second-order valence-corrected chi connectivity index (χ2v) is 16.5. The second kappa shape index (κ2) is 15.9. The molecule has 1 fully saturated rings. The van der Waals surface area contributed by atoms with Crippen molar-refractivity contribution in [1.82, 2.24) is 5.06 Å². The summed E-state index contributed by atoms with van der Waals surface area (Å²) in [6.07, 6.45) is 11.2. The van der Waals surface area contributed by atoms with Crippen LogP contribution in [0.5, 0.6) is 0 Å². The zero-order valence-corrected chi connectivity index (χ0v) is 34.8. The van der Waals surface area contributed by atoms with E-state index in [9.17, 15) is 40.3 Å². The van der Waals surface area contributed by atoms with Crippen LogP contribution in [0.3, 0.4) is 0 Å². The fraction of sp³-hybridized carbons (Fsp3) is 0.389. The van der Waals surface area contributed by atoms with Crippen LogP contribution in [0.15, 0.2) is 82.3 Å². The minimum Gasteiger partial charge on any atom is -0.744 e. The molecule has 0 N–H and O–H groups in total. The molecule has 0 spiro atoms. The average molecular weight is 778 g/mol. The van der Waals surface area contributed by atoms with Crippen molar-refractivity contribution in [2.45, 2.75) is 86.8 Å². The van der Waals surface area contributed by atoms with Gasteiger partial charge in [0.05, 0.1) is 15.2 Å². The van der Waals surface area contributed by atoms with Gasteiger partial charge in [-0.2, -0.15) is 4.58 Å². The van der Waals surface area contributed by atoms with Crippen LogP contribution in [0.4, 0.5) is 11.4 Å². The Kier molecular flexibility index (Phi) is 12.8. The Bertz CT molecular complexity index is 2140. The number of imide groups is 1. The zero-order chi connectivity index (χ0) is 37.5. The van der Waals surface area contributed by atoms with E-state index in [1.165, 1.54) is 24.3 Å². The summed E-state index contributed by atoms with van der Waals surface area (Å²) in [5, 5.41) is 0.534. The third kappa shape index (κ3) is 8.60. The Morgan fingerprint density at radius 3 is 2.06 bits per heavy atom. The van der Waals surface area contributed by atoms with Gasteiger partial charge in [-0.15, -0.1) is 5.06 Å². The van der Waals surface area contributed by atoms with Crippen LogP contribution >= 0.6 is 0 Å². The maximum Gasteiger partial charge on any atom is 1.00 e. The van der Waals surface area contributed by atoms with Crippen LogP contribution in [0.25, 0.3) is 0 Å². The molecule has 2 amide bonds. The van der Waals surface area contributed by atoms with E-state index in [4.69, 9.17) is 4.84 Å². The van der Waals surface area contributed by atoms with Gasteiger partial charge in [-0.3, -0.25) is 9.59 Å². The average Bonchev–Trinajstić information content (AvgIpc) is 3.54. The molecule has 2 aromatic carbocycles. The number of amides is 2. The molecule has 1 saturated heterocycles. The van der Waals surface area contributed by atoms with Crippen molar-refractivity contribution in [2.24, 2.45) is 0 Å². The largest absolute Gasteiger partial charge is 1.00 e. The van der Waals surface area contributed by atoms with Gasteiger partial charge in [-0.1, -0.05) is 38.5 Å². The molecule has 5 rings (SSSR count). The van der Waals surface area contributed by atoms with Crippen molar-refractivity contribution in [2.75, 3.05) is 18.5 Å².